The van der Waals surface area contributed by atoms with Crippen LogP contribution in [0.1, 0.15) is 27.2 Å². The first-order valence-corrected chi connectivity index (χ1v) is 10.2. The second-order valence-corrected chi connectivity index (χ2v) is 10.4. The van der Waals surface area contributed by atoms with Gasteiger partial charge in [-0.05, 0) is 38.5 Å². The maximum Gasteiger partial charge on any atom is 0.375 e. The Hall–Kier alpha value is -0.170. The third-order valence-corrected chi connectivity index (χ3v) is 6.58. The molecule has 0 aliphatic carbocycles. The van der Waals surface area contributed by atoms with Crippen molar-refractivity contribution in [1.29, 1.82) is 0 Å². The Morgan fingerprint density at radius 1 is 1.40 bits per heavy atom. The molecule has 0 radical (unpaired) electrons. The fourth-order valence-corrected chi connectivity index (χ4v) is 3.89. The summed E-state index contributed by atoms with van der Waals surface area (Å²) in [5, 5.41) is -0.0460. The van der Waals surface area contributed by atoms with Gasteiger partial charge in [0.15, 0.2) is 9.84 Å². The lowest BCUT2D eigenvalue weighted by Gasteiger charge is -2.23. The average Bonchev–Trinajstić information content (AvgIpc) is 2.29. The average molecular weight is 359 g/mol. The van der Waals surface area contributed by atoms with Crippen LogP contribution in [0, 0.1) is 0 Å². The van der Waals surface area contributed by atoms with Crippen molar-refractivity contribution in [2.75, 3.05) is 0 Å². The van der Waals surface area contributed by atoms with Crippen LogP contribution in [-0.2, 0) is 21.6 Å². The molecular formula is C11H16ClO5PS2. The van der Waals surface area contributed by atoms with E-state index >= 15 is 0 Å². The van der Waals surface area contributed by atoms with Gasteiger partial charge in [0.1, 0.15) is 5.75 Å². The van der Waals surface area contributed by atoms with Gasteiger partial charge in [0.05, 0.1) is 14.7 Å². The van der Waals surface area contributed by atoms with Crippen LogP contribution in [0.5, 0.6) is 5.75 Å². The van der Waals surface area contributed by atoms with Gasteiger partial charge in [0, 0.05) is 11.8 Å². The molecule has 1 aromatic rings. The molecule has 0 aliphatic heterocycles. The predicted molar refractivity (Wildman–Crippen MR) is 82.4 cm³/mol. The van der Waals surface area contributed by atoms with Crippen LogP contribution in [-0.4, -0.2) is 23.0 Å². The van der Waals surface area contributed by atoms with Gasteiger partial charge in [-0.3, -0.25) is 0 Å². The maximum atomic E-state index is 12.4. The second kappa shape index (κ2) is 5.91. The molecule has 0 aliphatic rings. The Balaban J connectivity index is 3.26. The molecule has 0 heterocycles. The molecule has 0 spiro atoms. The van der Waals surface area contributed by atoms with Gasteiger partial charge in [-0.15, -0.1) is 0 Å². The first-order valence-electron chi connectivity index (χ1n) is 5.70. The zero-order valence-electron chi connectivity index (χ0n) is 11.2. The van der Waals surface area contributed by atoms with Crippen molar-refractivity contribution in [2.45, 2.75) is 36.8 Å². The van der Waals surface area contributed by atoms with Gasteiger partial charge in [-0.1, -0.05) is 18.5 Å². The molecule has 0 fully saturated rings. The number of sulfone groups is 1. The topological polar surface area (TPSA) is 83.8 Å². The van der Waals surface area contributed by atoms with Gasteiger partial charge in [-0.25, -0.2) is 8.42 Å². The number of halogens is 1. The fraction of sp³-hybridized carbons (Fsp3) is 0.455. The molecule has 1 rings (SSSR count). The van der Waals surface area contributed by atoms with E-state index < -0.39 is 21.3 Å². The highest BCUT2D eigenvalue weighted by molar-refractivity contribution is 8.06. The standard InChI is InChI=1S/C11H16ClO5PS2/c1-4-11(2,3)20(15,16)8-5-6-10(9(12)7-8)17-18(13,14)19/h5-7H,4H2,1-3H3,(H2,13,14,19). The molecule has 9 heteroatoms. The minimum atomic E-state index is -3.91. The van der Waals surface area contributed by atoms with E-state index in [-0.39, 0.29) is 15.7 Å². The van der Waals surface area contributed by atoms with Crippen molar-refractivity contribution in [3.63, 3.8) is 0 Å². The molecule has 114 valence electrons. The van der Waals surface area contributed by atoms with Crippen molar-refractivity contribution in [2.24, 2.45) is 0 Å². The fourth-order valence-electron chi connectivity index (χ4n) is 1.36. The van der Waals surface area contributed by atoms with E-state index in [4.69, 9.17) is 25.9 Å². The molecule has 2 N–H and O–H groups in total. The van der Waals surface area contributed by atoms with Crippen LogP contribution in [0.15, 0.2) is 23.1 Å². The lowest BCUT2D eigenvalue weighted by atomic mass is 10.1. The van der Waals surface area contributed by atoms with E-state index in [9.17, 15) is 8.42 Å². The van der Waals surface area contributed by atoms with Crippen molar-refractivity contribution >= 4 is 40.0 Å². The van der Waals surface area contributed by atoms with E-state index in [2.05, 4.69) is 11.8 Å². The van der Waals surface area contributed by atoms with Crippen LogP contribution in [0.4, 0.5) is 0 Å². The van der Waals surface area contributed by atoms with Crippen LogP contribution in [0.2, 0.25) is 5.02 Å². The molecule has 0 saturated carbocycles. The van der Waals surface area contributed by atoms with Crippen molar-refractivity contribution in [3.8, 4) is 5.75 Å². The van der Waals surface area contributed by atoms with E-state index in [1.807, 2.05) is 0 Å². The molecule has 0 aromatic heterocycles. The normalized spacial score (nSPS) is 13.3. The highest BCUT2D eigenvalue weighted by atomic mass is 35.5. The molecule has 0 atom stereocenters. The minimum Gasteiger partial charge on any atom is -0.423 e. The summed E-state index contributed by atoms with van der Waals surface area (Å²) in [7, 11) is -3.55. The molecule has 0 unspecified atom stereocenters. The first kappa shape index (κ1) is 17.9. The van der Waals surface area contributed by atoms with Crippen molar-refractivity contribution in [1.82, 2.24) is 0 Å². The Morgan fingerprint density at radius 2 is 1.95 bits per heavy atom. The van der Waals surface area contributed by atoms with Crippen LogP contribution in [0.3, 0.4) is 0 Å². The monoisotopic (exact) mass is 358 g/mol. The number of rotatable bonds is 5. The van der Waals surface area contributed by atoms with Gasteiger partial charge < -0.3 is 14.3 Å². The van der Waals surface area contributed by atoms with Gasteiger partial charge in [0.2, 0.25) is 0 Å². The second-order valence-electron chi connectivity index (χ2n) is 4.79. The van der Waals surface area contributed by atoms with E-state index in [0.717, 1.165) is 0 Å². The van der Waals surface area contributed by atoms with Gasteiger partial charge >= 0.3 is 6.72 Å². The number of hydrogen-bond acceptors (Lipinski definition) is 4. The SMILES string of the molecule is CCC(C)(C)S(=O)(=O)c1ccc(OP(O)(O)=S)c(Cl)c1. The predicted octanol–water partition coefficient (Wildman–Crippen LogP) is 2.89. The third kappa shape index (κ3) is 3.93. The van der Waals surface area contributed by atoms with Crippen LogP contribution in [0.25, 0.3) is 0 Å². The first-order chi connectivity index (χ1) is 8.90. The zero-order valence-corrected chi connectivity index (χ0v) is 14.5. The molecule has 0 bridgehead atoms. The van der Waals surface area contributed by atoms with Crippen molar-refractivity contribution < 1.29 is 22.7 Å². The summed E-state index contributed by atoms with van der Waals surface area (Å²) >= 11 is 10.2. The highest BCUT2D eigenvalue weighted by Crippen LogP contribution is 2.42. The number of benzene rings is 1. The summed E-state index contributed by atoms with van der Waals surface area (Å²) in [5.41, 5.74) is 0. The quantitative estimate of drug-likeness (QED) is 0.787. The molecule has 1 aromatic carbocycles. The maximum absolute atomic E-state index is 12.4. The summed E-state index contributed by atoms with van der Waals surface area (Å²) in [6.45, 7) is 1.13. The highest BCUT2D eigenvalue weighted by Gasteiger charge is 2.34. The summed E-state index contributed by atoms with van der Waals surface area (Å²) in [5.74, 6) is -0.0618. The molecule has 5 nitrogen and oxygen atoms in total. The van der Waals surface area contributed by atoms with E-state index in [0.29, 0.717) is 6.42 Å². The molecule has 0 saturated heterocycles. The number of hydrogen-bond donors (Lipinski definition) is 2. The summed E-state index contributed by atoms with van der Waals surface area (Å²) in [6.07, 6.45) is 0.444. The Labute approximate surface area is 128 Å². The smallest absolute Gasteiger partial charge is 0.375 e. The summed E-state index contributed by atoms with van der Waals surface area (Å²) < 4.78 is 28.6. The third-order valence-electron chi connectivity index (χ3n) is 3.01. The molecular weight excluding hydrogens is 343 g/mol. The zero-order chi connectivity index (χ0) is 15.8. The van der Waals surface area contributed by atoms with Gasteiger partial charge in [-0.2, -0.15) is 0 Å². The minimum absolute atomic E-state index is 0.0460. The largest absolute Gasteiger partial charge is 0.423 e. The van der Waals surface area contributed by atoms with Crippen molar-refractivity contribution in [3.05, 3.63) is 23.2 Å². The van der Waals surface area contributed by atoms with Crippen LogP contribution < -0.4 is 4.52 Å². The Bertz CT molecular complexity index is 651. The van der Waals surface area contributed by atoms with Gasteiger partial charge in [0.25, 0.3) is 0 Å². The van der Waals surface area contributed by atoms with E-state index in [1.54, 1.807) is 20.8 Å². The lowest BCUT2D eigenvalue weighted by molar-refractivity contribution is 0.370. The lowest BCUT2D eigenvalue weighted by Crippen LogP contribution is -2.30. The molecule has 20 heavy (non-hydrogen) atoms. The van der Waals surface area contributed by atoms with E-state index in [1.165, 1.54) is 18.2 Å². The summed E-state index contributed by atoms with van der Waals surface area (Å²) in [6, 6.07) is 3.78. The molecule has 0 amide bonds. The Kier molecular flexibility index (Phi) is 5.28. The van der Waals surface area contributed by atoms with Crippen LogP contribution >= 0.6 is 18.3 Å². The Morgan fingerprint density at radius 3 is 2.35 bits per heavy atom. The summed E-state index contributed by atoms with van der Waals surface area (Å²) in [4.78, 5) is 18.2.